The van der Waals surface area contributed by atoms with Crippen LogP contribution in [0.1, 0.15) is 18.5 Å². The van der Waals surface area contributed by atoms with E-state index in [1.807, 2.05) is 18.3 Å². The maximum Gasteiger partial charge on any atom is 0.141 e. The van der Waals surface area contributed by atoms with Gasteiger partial charge in [-0.2, -0.15) is 0 Å². The number of hydrogen-bond acceptors (Lipinski definition) is 4. The van der Waals surface area contributed by atoms with Gasteiger partial charge in [-0.05, 0) is 30.9 Å². The molecule has 1 aliphatic carbocycles. The summed E-state index contributed by atoms with van der Waals surface area (Å²) in [6.45, 7) is 5.70. The molecule has 0 bridgehead atoms. The minimum Gasteiger partial charge on any atom is -0.382 e. The van der Waals surface area contributed by atoms with Gasteiger partial charge in [-0.15, -0.1) is 0 Å². The van der Waals surface area contributed by atoms with Crippen molar-refractivity contribution in [3.63, 3.8) is 0 Å². The van der Waals surface area contributed by atoms with E-state index in [2.05, 4.69) is 14.8 Å². The van der Waals surface area contributed by atoms with Gasteiger partial charge in [0.25, 0.3) is 0 Å². The van der Waals surface area contributed by atoms with Crippen molar-refractivity contribution < 1.29 is 0 Å². The van der Waals surface area contributed by atoms with E-state index in [4.69, 9.17) is 11.1 Å². The summed E-state index contributed by atoms with van der Waals surface area (Å²) in [6, 6.07) is 3.84. The maximum atomic E-state index is 7.34. The average Bonchev–Trinajstić information content (AvgIpc) is 3.24. The highest BCUT2D eigenvalue weighted by Gasteiger charge is 2.26. The Morgan fingerprint density at radius 1 is 1.26 bits per heavy atom. The number of aromatic nitrogens is 1. The lowest BCUT2D eigenvalue weighted by molar-refractivity contribution is 0.248. The summed E-state index contributed by atoms with van der Waals surface area (Å²) >= 11 is 0. The maximum absolute atomic E-state index is 7.34. The lowest BCUT2D eigenvalue weighted by atomic mass is 10.2. The molecule has 1 saturated carbocycles. The second-order valence-electron chi connectivity index (χ2n) is 5.55. The Morgan fingerprint density at radius 3 is 2.53 bits per heavy atom. The van der Waals surface area contributed by atoms with Gasteiger partial charge in [-0.25, -0.2) is 0 Å². The van der Waals surface area contributed by atoms with Gasteiger partial charge >= 0.3 is 0 Å². The van der Waals surface area contributed by atoms with Crippen LogP contribution < -0.4 is 10.6 Å². The number of amidine groups is 1. The average molecular weight is 259 g/mol. The predicted octanol–water partition coefficient (Wildman–Crippen LogP) is 0.898. The van der Waals surface area contributed by atoms with Gasteiger partial charge in [0, 0.05) is 32.7 Å². The summed E-state index contributed by atoms with van der Waals surface area (Å²) in [5.41, 5.74) is 7.10. The van der Waals surface area contributed by atoms with E-state index < -0.39 is 0 Å². The van der Waals surface area contributed by atoms with Crippen LogP contribution in [0, 0.1) is 11.3 Å². The van der Waals surface area contributed by atoms with E-state index in [-0.39, 0.29) is 5.84 Å². The number of nitrogens with one attached hydrogen (secondary N) is 1. The monoisotopic (exact) mass is 259 g/mol. The van der Waals surface area contributed by atoms with Crippen molar-refractivity contribution in [1.82, 2.24) is 9.88 Å². The molecule has 19 heavy (non-hydrogen) atoms. The summed E-state index contributed by atoms with van der Waals surface area (Å²) in [4.78, 5) is 9.16. The number of anilines is 1. The summed E-state index contributed by atoms with van der Waals surface area (Å²) in [5, 5.41) is 7.34. The fourth-order valence-electron chi connectivity index (χ4n) is 2.59. The molecule has 0 unspecified atom stereocenters. The number of pyridine rings is 1. The molecule has 3 N–H and O–H groups in total. The van der Waals surface area contributed by atoms with Crippen LogP contribution in [0.4, 0.5) is 5.69 Å². The topological polar surface area (TPSA) is 69.2 Å². The van der Waals surface area contributed by atoms with Crippen LogP contribution in [0.2, 0.25) is 0 Å². The summed E-state index contributed by atoms with van der Waals surface area (Å²) < 4.78 is 0. The molecule has 102 valence electrons. The first kappa shape index (κ1) is 12.4. The second-order valence-corrected chi connectivity index (χ2v) is 5.55. The molecule has 2 heterocycles. The summed E-state index contributed by atoms with van der Waals surface area (Å²) in [5.74, 6) is 1.00. The molecule has 0 radical (unpaired) electrons. The zero-order valence-corrected chi connectivity index (χ0v) is 11.2. The van der Waals surface area contributed by atoms with Gasteiger partial charge in [0.05, 0.1) is 11.9 Å². The van der Waals surface area contributed by atoms with E-state index in [1.54, 1.807) is 0 Å². The lowest BCUT2D eigenvalue weighted by Gasteiger charge is -2.36. The molecule has 2 fully saturated rings. The molecule has 1 aromatic rings. The molecule has 0 atom stereocenters. The summed E-state index contributed by atoms with van der Waals surface area (Å²) in [6.07, 6.45) is 4.68. The Hall–Kier alpha value is -1.62. The molecule has 0 spiro atoms. The third-order valence-corrected chi connectivity index (χ3v) is 3.97. The van der Waals surface area contributed by atoms with E-state index >= 15 is 0 Å². The van der Waals surface area contributed by atoms with Crippen molar-refractivity contribution in [3.05, 3.63) is 24.0 Å². The molecule has 0 amide bonds. The van der Waals surface area contributed by atoms with Crippen LogP contribution in [0.25, 0.3) is 0 Å². The van der Waals surface area contributed by atoms with Crippen LogP contribution in [0.5, 0.6) is 0 Å². The van der Waals surface area contributed by atoms with Crippen LogP contribution in [0.15, 0.2) is 18.3 Å². The SMILES string of the molecule is N=C(N)c1ccc(N2CCN(CC3CC3)CC2)cn1. The first-order valence-corrected chi connectivity index (χ1v) is 7.00. The van der Waals surface area contributed by atoms with E-state index in [9.17, 15) is 0 Å². The zero-order chi connectivity index (χ0) is 13.2. The van der Waals surface area contributed by atoms with Crippen LogP contribution in [-0.4, -0.2) is 48.4 Å². The van der Waals surface area contributed by atoms with E-state index in [1.165, 1.54) is 19.4 Å². The fraction of sp³-hybridized carbons (Fsp3) is 0.571. The Labute approximate surface area is 113 Å². The number of hydrogen-bond donors (Lipinski definition) is 2. The van der Waals surface area contributed by atoms with Crippen molar-refractivity contribution in [2.45, 2.75) is 12.8 Å². The number of rotatable bonds is 4. The Morgan fingerprint density at radius 2 is 2.00 bits per heavy atom. The van der Waals surface area contributed by atoms with Crippen LogP contribution in [0.3, 0.4) is 0 Å². The molecule has 3 rings (SSSR count). The van der Waals surface area contributed by atoms with Gasteiger partial charge < -0.3 is 10.6 Å². The molecule has 1 saturated heterocycles. The number of piperazine rings is 1. The molecular formula is C14H21N5. The van der Waals surface area contributed by atoms with Gasteiger partial charge in [0.2, 0.25) is 0 Å². The number of nitrogens with two attached hydrogens (primary N) is 1. The minimum absolute atomic E-state index is 0.0285. The van der Waals surface area contributed by atoms with Gasteiger partial charge in [0.1, 0.15) is 11.5 Å². The van der Waals surface area contributed by atoms with Crippen molar-refractivity contribution in [2.24, 2.45) is 11.7 Å². The Bertz CT molecular complexity index is 443. The minimum atomic E-state index is 0.0285. The van der Waals surface area contributed by atoms with Crippen molar-refractivity contribution in [2.75, 3.05) is 37.6 Å². The smallest absolute Gasteiger partial charge is 0.141 e. The highest BCUT2D eigenvalue weighted by molar-refractivity contribution is 5.93. The molecular weight excluding hydrogens is 238 g/mol. The molecule has 2 aliphatic rings. The van der Waals surface area contributed by atoms with Crippen molar-refractivity contribution >= 4 is 11.5 Å². The third-order valence-electron chi connectivity index (χ3n) is 3.97. The molecule has 1 aliphatic heterocycles. The zero-order valence-electron chi connectivity index (χ0n) is 11.2. The van der Waals surface area contributed by atoms with Crippen LogP contribution >= 0.6 is 0 Å². The van der Waals surface area contributed by atoms with E-state index in [0.29, 0.717) is 5.69 Å². The first-order valence-electron chi connectivity index (χ1n) is 7.00. The molecule has 1 aromatic heterocycles. The normalized spacial score (nSPS) is 20.5. The number of nitrogen functional groups attached to an aromatic ring is 1. The van der Waals surface area contributed by atoms with E-state index in [0.717, 1.165) is 37.8 Å². The van der Waals surface area contributed by atoms with Crippen molar-refractivity contribution in [1.29, 1.82) is 5.41 Å². The summed E-state index contributed by atoms with van der Waals surface area (Å²) in [7, 11) is 0. The largest absolute Gasteiger partial charge is 0.382 e. The third kappa shape index (κ3) is 3.04. The first-order chi connectivity index (χ1) is 9.22. The molecule has 0 aromatic carbocycles. The van der Waals surface area contributed by atoms with Gasteiger partial charge in [-0.3, -0.25) is 15.3 Å². The number of nitrogens with zero attached hydrogens (tertiary/aromatic N) is 3. The predicted molar refractivity (Wildman–Crippen MR) is 76.6 cm³/mol. The Balaban J connectivity index is 1.56. The van der Waals surface area contributed by atoms with Crippen LogP contribution in [-0.2, 0) is 0 Å². The molecule has 5 nitrogen and oxygen atoms in total. The van der Waals surface area contributed by atoms with Gasteiger partial charge in [0.15, 0.2) is 0 Å². The quantitative estimate of drug-likeness (QED) is 0.622. The standard InChI is InChI=1S/C14H21N5/c15-14(16)13-4-3-12(9-17-13)19-7-5-18(6-8-19)10-11-1-2-11/h3-4,9,11H,1-2,5-8,10H2,(H3,15,16). The Kier molecular flexibility index (Phi) is 3.38. The fourth-order valence-corrected chi connectivity index (χ4v) is 2.59. The van der Waals surface area contributed by atoms with Gasteiger partial charge in [-0.1, -0.05) is 0 Å². The highest BCUT2D eigenvalue weighted by atomic mass is 15.3. The second kappa shape index (κ2) is 5.17. The van der Waals surface area contributed by atoms with Crippen molar-refractivity contribution in [3.8, 4) is 0 Å². The molecule has 5 heteroatoms. The highest BCUT2D eigenvalue weighted by Crippen LogP contribution is 2.30. The lowest BCUT2D eigenvalue weighted by Crippen LogP contribution is -2.47.